The Labute approximate surface area is 324 Å². The monoisotopic (exact) mass is 710 g/mol. The minimum absolute atomic E-state index is 0.265. The smallest absolute Gasteiger partial charge is 0.0540 e. The molecule has 0 aromatic heterocycles. The topological polar surface area (TPSA) is 6.48 Å². The predicted octanol–water partition coefficient (Wildman–Crippen LogP) is 15.8. The number of aryl methyl sites for hydroxylation is 2. The van der Waals surface area contributed by atoms with Gasteiger partial charge in [0, 0.05) is 27.7 Å². The Kier molecular flexibility index (Phi) is 9.04. The molecule has 0 bridgehead atoms. The Bertz CT molecular complexity index is 2660. The third kappa shape index (κ3) is 6.18. The van der Waals surface area contributed by atoms with E-state index in [1.807, 2.05) is 0 Å². The molecule has 1 atom stereocenters. The van der Waals surface area contributed by atoms with E-state index in [1.165, 1.54) is 93.9 Å². The molecule has 0 N–H and O–H groups in total. The maximum atomic E-state index is 2.55. The highest BCUT2D eigenvalue weighted by molar-refractivity contribution is 6.08. The van der Waals surface area contributed by atoms with Gasteiger partial charge in [0.2, 0.25) is 0 Å². The molecule has 9 aromatic rings. The van der Waals surface area contributed by atoms with E-state index in [-0.39, 0.29) is 5.92 Å². The Balaban J connectivity index is 1.37. The summed E-state index contributed by atoms with van der Waals surface area (Å²) >= 11 is 0. The van der Waals surface area contributed by atoms with Crippen molar-refractivity contribution in [1.29, 1.82) is 0 Å². The number of nitrogens with zero attached hydrogens (tertiary/aromatic N) is 2. The van der Waals surface area contributed by atoms with Crippen molar-refractivity contribution in [3.63, 3.8) is 0 Å². The fourth-order valence-corrected chi connectivity index (χ4v) is 8.71. The zero-order valence-electron chi connectivity index (χ0n) is 32.1. The van der Waals surface area contributed by atoms with E-state index in [1.54, 1.807) is 0 Å². The summed E-state index contributed by atoms with van der Waals surface area (Å²) < 4.78 is 0. The molecule has 0 amide bonds. The SMILES string of the molecule is CCCC(C)c1c(N(c2ccccc2C)c2cccc3cc4ccccc4cc23)cccc1N(c1ccccc1C)c1cccc2cc3ccccc3cc12. The van der Waals surface area contributed by atoms with Gasteiger partial charge in [-0.15, -0.1) is 0 Å². The van der Waals surface area contributed by atoms with Gasteiger partial charge >= 0.3 is 0 Å². The summed E-state index contributed by atoms with van der Waals surface area (Å²) in [7, 11) is 0. The Morgan fingerprint density at radius 3 is 1.16 bits per heavy atom. The van der Waals surface area contributed by atoms with Crippen molar-refractivity contribution in [1.82, 2.24) is 0 Å². The molecule has 1 unspecified atom stereocenters. The molecule has 0 spiro atoms. The largest absolute Gasteiger partial charge is 0.309 e. The third-order valence-electron chi connectivity index (χ3n) is 11.4. The van der Waals surface area contributed by atoms with E-state index in [4.69, 9.17) is 0 Å². The molecule has 0 heterocycles. The first kappa shape index (κ1) is 34.4. The standard InChI is InChI=1S/C53H46N2/c1-5-17-38(4)53-51(54(47-26-12-6-18-36(47)2)49-28-14-24-43-32-39-20-8-10-22-41(39)34-45(43)49)30-16-31-52(53)55(48-27-13-7-19-37(48)3)50-29-15-25-44-33-40-21-9-11-23-42(40)35-46(44)50/h6-16,18-35,38H,5,17H2,1-4H3. The molecule has 0 saturated heterocycles. The molecule has 0 aliphatic heterocycles. The van der Waals surface area contributed by atoms with Gasteiger partial charge in [0.25, 0.3) is 0 Å². The van der Waals surface area contributed by atoms with Crippen LogP contribution in [0.15, 0.2) is 176 Å². The number of hydrogen-bond acceptors (Lipinski definition) is 2. The number of para-hydroxylation sites is 2. The van der Waals surface area contributed by atoms with Crippen molar-refractivity contribution in [2.75, 3.05) is 9.80 Å². The van der Waals surface area contributed by atoms with Crippen LogP contribution < -0.4 is 9.80 Å². The van der Waals surface area contributed by atoms with E-state index in [9.17, 15) is 0 Å². The summed E-state index contributed by atoms with van der Waals surface area (Å²) in [6.45, 7) is 9.21. The van der Waals surface area contributed by atoms with E-state index < -0.39 is 0 Å². The number of fused-ring (bicyclic) bond motifs is 4. The highest BCUT2D eigenvalue weighted by Gasteiger charge is 2.28. The summed E-state index contributed by atoms with van der Waals surface area (Å²) in [6.07, 6.45) is 2.15. The average Bonchev–Trinajstić information content (AvgIpc) is 3.21. The molecule has 9 aromatic carbocycles. The van der Waals surface area contributed by atoms with Gasteiger partial charge in [0.05, 0.1) is 22.7 Å². The second-order valence-corrected chi connectivity index (χ2v) is 15.0. The van der Waals surface area contributed by atoms with Crippen molar-refractivity contribution in [3.8, 4) is 0 Å². The lowest BCUT2D eigenvalue weighted by atomic mass is 9.90. The van der Waals surface area contributed by atoms with Crippen LogP contribution in [0.25, 0.3) is 43.1 Å². The quantitative estimate of drug-likeness (QED) is 0.138. The van der Waals surface area contributed by atoms with Crippen LogP contribution in [0.5, 0.6) is 0 Å². The second kappa shape index (κ2) is 14.5. The number of rotatable bonds is 9. The first-order chi connectivity index (χ1) is 27.0. The summed E-state index contributed by atoms with van der Waals surface area (Å²) in [4.78, 5) is 5.09. The van der Waals surface area contributed by atoms with Crippen LogP contribution in [0.1, 0.15) is 49.3 Å². The molecule has 0 aliphatic rings. The van der Waals surface area contributed by atoms with E-state index >= 15 is 0 Å². The molecule has 9 rings (SSSR count). The van der Waals surface area contributed by atoms with Gasteiger partial charge < -0.3 is 9.80 Å². The zero-order valence-corrected chi connectivity index (χ0v) is 32.1. The number of hydrogen-bond donors (Lipinski definition) is 0. The summed E-state index contributed by atoms with van der Waals surface area (Å²) in [5, 5.41) is 9.94. The van der Waals surface area contributed by atoms with Gasteiger partial charge in [-0.05, 0) is 130 Å². The lowest BCUT2D eigenvalue weighted by Gasteiger charge is -2.36. The molecule has 0 saturated carbocycles. The Morgan fingerprint density at radius 1 is 0.382 bits per heavy atom. The first-order valence-electron chi connectivity index (χ1n) is 19.7. The molecule has 2 nitrogen and oxygen atoms in total. The second-order valence-electron chi connectivity index (χ2n) is 15.0. The molecule has 268 valence electrons. The molecule has 0 aliphatic carbocycles. The molecule has 2 heteroatoms. The van der Waals surface area contributed by atoms with Crippen molar-refractivity contribution in [2.45, 2.75) is 46.5 Å². The maximum Gasteiger partial charge on any atom is 0.0540 e. The van der Waals surface area contributed by atoms with Crippen molar-refractivity contribution in [3.05, 3.63) is 193 Å². The molecule has 0 fully saturated rings. The molecular weight excluding hydrogens is 665 g/mol. The van der Waals surface area contributed by atoms with Gasteiger partial charge in [-0.2, -0.15) is 0 Å². The zero-order chi connectivity index (χ0) is 37.5. The van der Waals surface area contributed by atoms with Gasteiger partial charge in [-0.25, -0.2) is 0 Å². The van der Waals surface area contributed by atoms with Crippen molar-refractivity contribution in [2.24, 2.45) is 0 Å². The van der Waals surface area contributed by atoms with Crippen LogP contribution in [0.3, 0.4) is 0 Å². The normalized spacial score (nSPS) is 12.1. The molecule has 0 radical (unpaired) electrons. The van der Waals surface area contributed by atoms with Crippen LogP contribution in [0.4, 0.5) is 34.1 Å². The fraction of sp³-hybridized carbons (Fsp3) is 0.132. The lowest BCUT2D eigenvalue weighted by Crippen LogP contribution is -2.19. The minimum atomic E-state index is 0.265. The van der Waals surface area contributed by atoms with Crippen LogP contribution in [-0.4, -0.2) is 0 Å². The van der Waals surface area contributed by atoms with Crippen LogP contribution in [-0.2, 0) is 0 Å². The summed E-state index contributed by atoms with van der Waals surface area (Å²) in [6, 6.07) is 65.1. The highest BCUT2D eigenvalue weighted by atomic mass is 15.2. The van der Waals surface area contributed by atoms with Crippen molar-refractivity contribution >= 4 is 77.2 Å². The van der Waals surface area contributed by atoms with E-state index in [0.29, 0.717) is 0 Å². The van der Waals surface area contributed by atoms with Gasteiger partial charge in [0.1, 0.15) is 0 Å². The van der Waals surface area contributed by atoms with Gasteiger partial charge in [-0.1, -0.05) is 136 Å². The van der Waals surface area contributed by atoms with Crippen LogP contribution in [0, 0.1) is 13.8 Å². The first-order valence-corrected chi connectivity index (χ1v) is 19.7. The Morgan fingerprint density at radius 2 is 0.727 bits per heavy atom. The minimum Gasteiger partial charge on any atom is -0.309 e. The van der Waals surface area contributed by atoms with Crippen LogP contribution in [0.2, 0.25) is 0 Å². The molecule has 55 heavy (non-hydrogen) atoms. The third-order valence-corrected chi connectivity index (χ3v) is 11.4. The Hall–Kier alpha value is -6.38. The lowest BCUT2D eigenvalue weighted by molar-refractivity contribution is 0.665. The van der Waals surface area contributed by atoms with E-state index in [2.05, 4.69) is 213 Å². The number of benzene rings is 9. The van der Waals surface area contributed by atoms with Gasteiger partial charge in [-0.3, -0.25) is 0 Å². The van der Waals surface area contributed by atoms with Crippen molar-refractivity contribution < 1.29 is 0 Å². The fourth-order valence-electron chi connectivity index (χ4n) is 8.71. The maximum absolute atomic E-state index is 2.55. The number of anilines is 6. The summed E-state index contributed by atoms with van der Waals surface area (Å²) in [5.41, 5.74) is 10.9. The van der Waals surface area contributed by atoms with Gasteiger partial charge in [0.15, 0.2) is 0 Å². The molecular formula is C53H46N2. The summed E-state index contributed by atoms with van der Waals surface area (Å²) in [5.74, 6) is 0.265. The van der Waals surface area contributed by atoms with Crippen LogP contribution >= 0.6 is 0 Å². The predicted molar refractivity (Wildman–Crippen MR) is 239 cm³/mol. The average molecular weight is 711 g/mol. The van der Waals surface area contributed by atoms with E-state index in [0.717, 1.165) is 12.8 Å². The highest BCUT2D eigenvalue weighted by Crippen LogP contribution is 2.51.